The highest BCUT2D eigenvalue weighted by Crippen LogP contribution is 2.32. The molecular weight excluding hydrogens is 244 g/mol. The molecule has 94 valence electrons. The standard InChI is InChI=1S/C14H16N2OS/c15-12-3-1-2-11(8-12)14-16-13(9-18-14)10-4-6-17-7-5-10/h1-3,8-10H,4-7,15H2. The molecule has 0 spiro atoms. The van der Waals surface area contributed by atoms with E-state index in [4.69, 9.17) is 15.5 Å². The van der Waals surface area contributed by atoms with E-state index < -0.39 is 0 Å². The van der Waals surface area contributed by atoms with Crippen LogP contribution >= 0.6 is 11.3 Å². The zero-order chi connectivity index (χ0) is 12.4. The molecule has 0 amide bonds. The molecule has 0 bridgehead atoms. The lowest BCUT2D eigenvalue weighted by molar-refractivity contribution is 0.0846. The molecule has 2 heterocycles. The number of hydrogen-bond donors (Lipinski definition) is 1. The molecule has 1 aromatic carbocycles. The third kappa shape index (κ3) is 2.40. The topological polar surface area (TPSA) is 48.1 Å². The van der Waals surface area contributed by atoms with Crippen molar-refractivity contribution in [1.82, 2.24) is 4.98 Å². The second-order valence-electron chi connectivity index (χ2n) is 4.59. The van der Waals surface area contributed by atoms with E-state index in [9.17, 15) is 0 Å². The van der Waals surface area contributed by atoms with Crippen molar-refractivity contribution in [3.05, 3.63) is 35.3 Å². The van der Waals surface area contributed by atoms with Gasteiger partial charge >= 0.3 is 0 Å². The smallest absolute Gasteiger partial charge is 0.123 e. The van der Waals surface area contributed by atoms with E-state index in [0.29, 0.717) is 5.92 Å². The van der Waals surface area contributed by atoms with Crippen LogP contribution in [0, 0.1) is 0 Å². The van der Waals surface area contributed by atoms with Crippen LogP contribution < -0.4 is 5.73 Å². The molecule has 0 saturated carbocycles. The highest BCUT2D eigenvalue weighted by atomic mass is 32.1. The predicted octanol–water partition coefficient (Wildman–Crippen LogP) is 3.29. The molecule has 2 aromatic rings. The minimum atomic E-state index is 0.560. The molecule has 0 radical (unpaired) electrons. The Balaban J connectivity index is 1.84. The second-order valence-corrected chi connectivity index (χ2v) is 5.45. The highest BCUT2D eigenvalue weighted by Gasteiger charge is 2.18. The van der Waals surface area contributed by atoms with Gasteiger partial charge in [0.1, 0.15) is 5.01 Å². The number of nitrogens with two attached hydrogens (primary N) is 1. The van der Waals surface area contributed by atoms with Crippen LogP contribution in [0.25, 0.3) is 10.6 Å². The molecule has 18 heavy (non-hydrogen) atoms. The fraction of sp³-hybridized carbons (Fsp3) is 0.357. The zero-order valence-corrected chi connectivity index (χ0v) is 11.0. The Hall–Kier alpha value is -1.39. The van der Waals surface area contributed by atoms with Gasteiger partial charge in [0, 0.05) is 35.8 Å². The van der Waals surface area contributed by atoms with Crippen molar-refractivity contribution in [1.29, 1.82) is 0 Å². The van der Waals surface area contributed by atoms with Crippen LogP contribution in [-0.2, 0) is 4.74 Å². The number of hydrogen-bond acceptors (Lipinski definition) is 4. The fourth-order valence-electron chi connectivity index (χ4n) is 2.27. The summed E-state index contributed by atoms with van der Waals surface area (Å²) in [6.45, 7) is 1.71. The van der Waals surface area contributed by atoms with Crippen molar-refractivity contribution >= 4 is 17.0 Å². The fourth-order valence-corrected chi connectivity index (χ4v) is 3.17. The maximum atomic E-state index is 5.81. The van der Waals surface area contributed by atoms with Gasteiger partial charge in [-0.2, -0.15) is 0 Å². The van der Waals surface area contributed by atoms with E-state index in [1.807, 2.05) is 18.2 Å². The van der Waals surface area contributed by atoms with E-state index in [2.05, 4.69) is 11.4 Å². The molecule has 4 heteroatoms. The predicted molar refractivity (Wildman–Crippen MR) is 74.8 cm³/mol. The lowest BCUT2D eigenvalue weighted by Gasteiger charge is -2.19. The molecule has 1 fully saturated rings. The number of aromatic nitrogens is 1. The Morgan fingerprint density at radius 3 is 2.89 bits per heavy atom. The summed E-state index contributed by atoms with van der Waals surface area (Å²) in [4.78, 5) is 4.75. The van der Waals surface area contributed by atoms with E-state index in [0.717, 1.165) is 42.3 Å². The Kier molecular flexibility index (Phi) is 3.30. The molecule has 0 aliphatic carbocycles. The first-order valence-corrected chi connectivity index (χ1v) is 7.10. The number of thiazole rings is 1. The maximum absolute atomic E-state index is 5.81. The Labute approximate surface area is 111 Å². The molecular formula is C14H16N2OS. The van der Waals surface area contributed by atoms with Crippen molar-refractivity contribution < 1.29 is 4.74 Å². The van der Waals surface area contributed by atoms with Gasteiger partial charge < -0.3 is 10.5 Å². The molecule has 3 nitrogen and oxygen atoms in total. The van der Waals surface area contributed by atoms with Gasteiger partial charge in [-0.15, -0.1) is 11.3 Å². The Morgan fingerprint density at radius 1 is 1.28 bits per heavy atom. The monoisotopic (exact) mass is 260 g/mol. The summed E-state index contributed by atoms with van der Waals surface area (Å²) in [5, 5.41) is 3.23. The summed E-state index contributed by atoms with van der Waals surface area (Å²) in [6, 6.07) is 7.91. The van der Waals surface area contributed by atoms with Gasteiger partial charge in [-0.25, -0.2) is 4.98 Å². The van der Waals surface area contributed by atoms with Crippen molar-refractivity contribution in [3.8, 4) is 10.6 Å². The lowest BCUT2D eigenvalue weighted by atomic mass is 9.97. The van der Waals surface area contributed by atoms with Crippen LogP contribution in [0.4, 0.5) is 5.69 Å². The minimum absolute atomic E-state index is 0.560. The molecule has 2 N–H and O–H groups in total. The van der Waals surface area contributed by atoms with Crippen LogP contribution in [0.2, 0.25) is 0 Å². The molecule has 1 aromatic heterocycles. The number of nitrogen functional groups attached to an aromatic ring is 1. The molecule has 3 rings (SSSR count). The van der Waals surface area contributed by atoms with E-state index in [1.54, 1.807) is 11.3 Å². The van der Waals surface area contributed by atoms with Crippen LogP contribution in [0.5, 0.6) is 0 Å². The highest BCUT2D eigenvalue weighted by molar-refractivity contribution is 7.13. The van der Waals surface area contributed by atoms with Crippen molar-refractivity contribution in [2.75, 3.05) is 18.9 Å². The quantitative estimate of drug-likeness (QED) is 0.843. The van der Waals surface area contributed by atoms with Crippen LogP contribution in [0.3, 0.4) is 0 Å². The van der Waals surface area contributed by atoms with Gasteiger partial charge in [0.05, 0.1) is 5.69 Å². The van der Waals surface area contributed by atoms with Crippen molar-refractivity contribution in [3.63, 3.8) is 0 Å². The summed E-state index contributed by atoms with van der Waals surface area (Å²) >= 11 is 1.70. The first-order chi connectivity index (χ1) is 8.83. The molecule has 1 saturated heterocycles. The Morgan fingerprint density at radius 2 is 2.11 bits per heavy atom. The van der Waals surface area contributed by atoms with Crippen LogP contribution in [-0.4, -0.2) is 18.2 Å². The summed E-state index contributed by atoms with van der Waals surface area (Å²) in [5.41, 5.74) is 8.91. The van der Waals surface area contributed by atoms with Crippen LogP contribution in [0.1, 0.15) is 24.5 Å². The van der Waals surface area contributed by atoms with Gasteiger partial charge in [-0.1, -0.05) is 12.1 Å². The van der Waals surface area contributed by atoms with Gasteiger partial charge in [-0.3, -0.25) is 0 Å². The average molecular weight is 260 g/mol. The average Bonchev–Trinajstić information content (AvgIpc) is 2.89. The lowest BCUT2D eigenvalue weighted by Crippen LogP contribution is -2.14. The molecule has 1 aliphatic heterocycles. The Bertz CT molecular complexity index is 532. The number of anilines is 1. The maximum Gasteiger partial charge on any atom is 0.123 e. The van der Waals surface area contributed by atoms with Gasteiger partial charge in [0.25, 0.3) is 0 Å². The largest absolute Gasteiger partial charge is 0.399 e. The number of nitrogens with zero attached hydrogens (tertiary/aromatic N) is 1. The third-order valence-electron chi connectivity index (χ3n) is 3.30. The summed E-state index contributed by atoms with van der Waals surface area (Å²) in [5.74, 6) is 0.560. The van der Waals surface area contributed by atoms with E-state index in [-0.39, 0.29) is 0 Å². The summed E-state index contributed by atoms with van der Waals surface area (Å²) in [7, 11) is 0. The first kappa shape index (κ1) is 11.7. The molecule has 0 atom stereocenters. The third-order valence-corrected chi connectivity index (χ3v) is 4.20. The van der Waals surface area contributed by atoms with Gasteiger partial charge in [0.15, 0.2) is 0 Å². The van der Waals surface area contributed by atoms with E-state index >= 15 is 0 Å². The van der Waals surface area contributed by atoms with Gasteiger partial charge in [0.2, 0.25) is 0 Å². The molecule has 0 unspecified atom stereocenters. The normalized spacial score (nSPS) is 16.9. The van der Waals surface area contributed by atoms with Crippen molar-refractivity contribution in [2.24, 2.45) is 0 Å². The number of benzene rings is 1. The number of rotatable bonds is 2. The zero-order valence-electron chi connectivity index (χ0n) is 10.1. The minimum Gasteiger partial charge on any atom is -0.399 e. The summed E-state index contributed by atoms with van der Waals surface area (Å²) < 4.78 is 5.39. The molecule has 1 aliphatic rings. The van der Waals surface area contributed by atoms with Crippen LogP contribution in [0.15, 0.2) is 29.6 Å². The van der Waals surface area contributed by atoms with E-state index in [1.165, 1.54) is 5.69 Å². The number of ether oxygens (including phenoxy) is 1. The SMILES string of the molecule is Nc1cccc(-c2nc(C3CCOCC3)cs2)c1. The van der Waals surface area contributed by atoms with Gasteiger partial charge in [-0.05, 0) is 25.0 Å². The summed E-state index contributed by atoms with van der Waals surface area (Å²) in [6.07, 6.45) is 2.17. The van der Waals surface area contributed by atoms with Crippen molar-refractivity contribution in [2.45, 2.75) is 18.8 Å². The first-order valence-electron chi connectivity index (χ1n) is 6.22. The second kappa shape index (κ2) is 5.08.